The van der Waals surface area contributed by atoms with Gasteiger partial charge in [-0.1, -0.05) is 30.3 Å². The average molecular weight is 394 g/mol. The molecule has 0 aliphatic rings. The second-order valence-corrected chi connectivity index (χ2v) is 7.68. The van der Waals surface area contributed by atoms with Crippen molar-refractivity contribution in [3.05, 3.63) is 90.1 Å². The van der Waals surface area contributed by atoms with Gasteiger partial charge in [0.15, 0.2) is 5.76 Å². The van der Waals surface area contributed by atoms with Crippen LogP contribution in [0.2, 0.25) is 0 Å². The van der Waals surface area contributed by atoms with Crippen LogP contribution in [-0.4, -0.2) is 17.4 Å². The molecule has 29 heavy (non-hydrogen) atoms. The third-order valence-electron chi connectivity index (χ3n) is 4.18. The zero-order valence-electron chi connectivity index (χ0n) is 16.6. The topological polar surface area (TPSA) is 62.6 Å². The van der Waals surface area contributed by atoms with Crippen LogP contribution in [0.5, 0.6) is 0 Å². The standard InChI is InChI=1S/C23H23FN2O3/c1-23(2,3)25-21(27)20(16-8-5-4-6-9-16)26(18-13-11-17(24)12-14-18)22(28)19-10-7-15-29-19/h4-15,20H,1-3H3,(H,25,27)/t20-/m1/s1. The highest BCUT2D eigenvalue weighted by molar-refractivity contribution is 6.08. The SMILES string of the molecule is CC(C)(C)NC(=O)[C@@H](c1ccccc1)N(C(=O)c1ccco1)c1ccc(F)cc1. The lowest BCUT2D eigenvalue weighted by molar-refractivity contribution is -0.123. The second-order valence-electron chi connectivity index (χ2n) is 7.68. The summed E-state index contributed by atoms with van der Waals surface area (Å²) in [6.07, 6.45) is 1.39. The van der Waals surface area contributed by atoms with E-state index in [2.05, 4.69) is 5.32 Å². The van der Waals surface area contributed by atoms with Crippen molar-refractivity contribution in [2.45, 2.75) is 32.4 Å². The fourth-order valence-electron chi connectivity index (χ4n) is 3.00. The summed E-state index contributed by atoms with van der Waals surface area (Å²) in [4.78, 5) is 28.0. The van der Waals surface area contributed by atoms with E-state index in [0.29, 0.717) is 11.3 Å². The first-order valence-corrected chi connectivity index (χ1v) is 9.26. The van der Waals surface area contributed by atoms with Crippen LogP contribution in [0.25, 0.3) is 0 Å². The maximum atomic E-state index is 13.5. The highest BCUT2D eigenvalue weighted by atomic mass is 19.1. The van der Waals surface area contributed by atoms with E-state index in [1.807, 2.05) is 26.8 Å². The fraction of sp³-hybridized carbons (Fsp3) is 0.217. The van der Waals surface area contributed by atoms with Gasteiger partial charge in [0, 0.05) is 11.2 Å². The van der Waals surface area contributed by atoms with Crippen molar-refractivity contribution in [2.75, 3.05) is 4.90 Å². The molecule has 2 aromatic carbocycles. The molecule has 1 aromatic heterocycles. The molecular weight excluding hydrogens is 371 g/mol. The van der Waals surface area contributed by atoms with E-state index in [1.165, 1.54) is 41.5 Å². The van der Waals surface area contributed by atoms with Crippen molar-refractivity contribution >= 4 is 17.5 Å². The molecule has 5 nitrogen and oxygen atoms in total. The zero-order chi connectivity index (χ0) is 21.0. The Morgan fingerprint density at radius 3 is 2.17 bits per heavy atom. The van der Waals surface area contributed by atoms with Crippen LogP contribution in [0, 0.1) is 5.82 Å². The lowest BCUT2D eigenvalue weighted by atomic mass is 10.0. The molecule has 150 valence electrons. The Morgan fingerprint density at radius 1 is 0.966 bits per heavy atom. The molecule has 3 aromatic rings. The number of anilines is 1. The largest absolute Gasteiger partial charge is 0.459 e. The van der Waals surface area contributed by atoms with Crippen molar-refractivity contribution in [3.63, 3.8) is 0 Å². The van der Waals surface area contributed by atoms with Crippen molar-refractivity contribution in [2.24, 2.45) is 0 Å². The summed E-state index contributed by atoms with van der Waals surface area (Å²) in [7, 11) is 0. The van der Waals surface area contributed by atoms with Crippen molar-refractivity contribution in [3.8, 4) is 0 Å². The van der Waals surface area contributed by atoms with Gasteiger partial charge < -0.3 is 9.73 Å². The van der Waals surface area contributed by atoms with Crippen LogP contribution in [-0.2, 0) is 4.79 Å². The number of halogens is 1. The third kappa shape index (κ3) is 4.90. The number of nitrogens with one attached hydrogen (secondary N) is 1. The van der Waals surface area contributed by atoms with Gasteiger partial charge in [0.1, 0.15) is 11.9 Å². The minimum atomic E-state index is -0.974. The highest BCUT2D eigenvalue weighted by Crippen LogP contribution is 2.30. The normalized spacial score (nSPS) is 12.3. The van der Waals surface area contributed by atoms with E-state index >= 15 is 0 Å². The smallest absolute Gasteiger partial charge is 0.294 e. The first-order valence-electron chi connectivity index (χ1n) is 9.26. The predicted octanol–water partition coefficient (Wildman–Crippen LogP) is 4.72. The predicted molar refractivity (Wildman–Crippen MR) is 109 cm³/mol. The first-order chi connectivity index (χ1) is 13.8. The summed E-state index contributed by atoms with van der Waals surface area (Å²) >= 11 is 0. The Bertz CT molecular complexity index is 962. The van der Waals surface area contributed by atoms with E-state index in [1.54, 1.807) is 30.3 Å². The molecule has 0 saturated heterocycles. The first kappa shape index (κ1) is 20.3. The van der Waals surface area contributed by atoms with Crippen molar-refractivity contribution in [1.29, 1.82) is 0 Å². The van der Waals surface area contributed by atoms with Crippen LogP contribution in [0.4, 0.5) is 10.1 Å². The molecule has 2 amide bonds. The Labute approximate surface area is 169 Å². The molecule has 0 fully saturated rings. The summed E-state index contributed by atoms with van der Waals surface area (Å²) in [5.41, 5.74) is 0.496. The van der Waals surface area contributed by atoms with Crippen LogP contribution in [0.1, 0.15) is 42.9 Å². The van der Waals surface area contributed by atoms with Crippen LogP contribution in [0.3, 0.4) is 0 Å². The van der Waals surface area contributed by atoms with Crippen LogP contribution >= 0.6 is 0 Å². The minimum Gasteiger partial charge on any atom is -0.459 e. The van der Waals surface area contributed by atoms with Gasteiger partial charge in [0.05, 0.1) is 6.26 Å². The molecular formula is C23H23FN2O3. The van der Waals surface area contributed by atoms with E-state index in [0.717, 1.165) is 0 Å². The number of furan rings is 1. The van der Waals surface area contributed by atoms with Crippen molar-refractivity contribution < 1.29 is 18.4 Å². The monoisotopic (exact) mass is 394 g/mol. The molecule has 0 saturated carbocycles. The lowest BCUT2D eigenvalue weighted by Crippen LogP contribution is -2.49. The van der Waals surface area contributed by atoms with E-state index in [-0.39, 0.29) is 11.7 Å². The van der Waals surface area contributed by atoms with Crippen LogP contribution in [0.15, 0.2) is 77.4 Å². The van der Waals surface area contributed by atoms with Crippen molar-refractivity contribution in [1.82, 2.24) is 5.32 Å². The molecule has 0 unspecified atom stereocenters. The quantitative estimate of drug-likeness (QED) is 0.681. The minimum absolute atomic E-state index is 0.0822. The number of rotatable bonds is 5. The van der Waals surface area contributed by atoms with Gasteiger partial charge in [-0.15, -0.1) is 0 Å². The number of amides is 2. The van der Waals surface area contributed by atoms with Gasteiger partial charge in [-0.2, -0.15) is 0 Å². The second kappa shape index (κ2) is 8.31. The number of benzene rings is 2. The summed E-state index contributed by atoms with van der Waals surface area (Å²) in [5, 5.41) is 2.94. The maximum absolute atomic E-state index is 13.5. The molecule has 0 aliphatic heterocycles. The van der Waals surface area contributed by atoms with Gasteiger partial charge in [0.25, 0.3) is 5.91 Å². The fourth-order valence-corrected chi connectivity index (χ4v) is 3.00. The average Bonchev–Trinajstić information content (AvgIpc) is 3.20. The number of carbonyl (C=O) groups excluding carboxylic acids is 2. The van der Waals surface area contributed by atoms with E-state index in [4.69, 9.17) is 4.42 Å². The zero-order valence-corrected chi connectivity index (χ0v) is 16.6. The Kier molecular flexibility index (Phi) is 5.82. The van der Waals surface area contributed by atoms with Gasteiger partial charge in [-0.05, 0) is 62.7 Å². The molecule has 1 heterocycles. The molecule has 6 heteroatoms. The van der Waals surface area contributed by atoms with Gasteiger partial charge in [-0.3, -0.25) is 14.5 Å². The summed E-state index contributed by atoms with van der Waals surface area (Å²) in [6, 6.07) is 16.6. The summed E-state index contributed by atoms with van der Waals surface area (Å²) in [6.45, 7) is 5.59. The van der Waals surface area contributed by atoms with E-state index in [9.17, 15) is 14.0 Å². The number of hydrogen-bond donors (Lipinski definition) is 1. The lowest BCUT2D eigenvalue weighted by Gasteiger charge is -2.33. The third-order valence-corrected chi connectivity index (χ3v) is 4.18. The molecule has 0 radical (unpaired) electrons. The molecule has 0 bridgehead atoms. The van der Waals surface area contributed by atoms with Gasteiger partial charge >= 0.3 is 0 Å². The molecule has 1 N–H and O–H groups in total. The van der Waals surface area contributed by atoms with Gasteiger partial charge in [0.2, 0.25) is 5.91 Å². The summed E-state index contributed by atoms with van der Waals surface area (Å²) < 4.78 is 18.8. The molecule has 1 atom stereocenters. The Balaban J connectivity index is 2.15. The van der Waals surface area contributed by atoms with E-state index < -0.39 is 23.3 Å². The number of carbonyl (C=O) groups is 2. The number of nitrogens with zero attached hydrogens (tertiary/aromatic N) is 1. The maximum Gasteiger partial charge on any atom is 0.294 e. The summed E-state index contributed by atoms with van der Waals surface area (Å²) in [5.74, 6) is -1.21. The Morgan fingerprint density at radius 2 is 1.62 bits per heavy atom. The highest BCUT2D eigenvalue weighted by Gasteiger charge is 2.35. The Hall–Kier alpha value is -3.41. The van der Waals surface area contributed by atoms with Gasteiger partial charge in [-0.25, -0.2) is 4.39 Å². The molecule has 0 spiro atoms. The molecule has 3 rings (SSSR count). The van der Waals surface area contributed by atoms with Crippen LogP contribution < -0.4 is 10.2 Å². The number of hydrogen-bond acceptors (Lipinski definition) is 3. The molecule has 0 aliphatic carbocycles.